The van der Waals surface area contributed by atoms with Gasteiger partial charge in [-0.3, -0.25) is 9.59 Å². The minimum absolute atomic E-state index is 0.0590. The molecule has 1 unspecified atom stereocenters. The molecule has 0 aliphatic carbocycles. The molecule has 1 aliphatic heterocycles. The summed E-state index contributed by atoms with van der Waals surface area (Å²) in [6.07, 6.45) is 1.39. The number of hydrogen-bond acceptors (Lipinski definition) is 3. The highest BCUT2D eigenvalue weighted by Crippen LogP contribution is 2.17. The third kappa shape index (κ3) is 4.31. The molecule has 1 fully saturated rings. The number of nitrogens with zero attached hydrogens (tertiary/aromatic N) is 1. The first kappa shape index (κ1) is 16.5. The van der Waals surface area contributed by atoms with Gasteiger partial charge in [-0.05, 0) is 23.5 Å². The second-order valence-corrected chi connectivity index (χ2v) is 6.15. The van der Waals surface area contributed by atoms with Crippen molar-refractivity contribution in [2.75, 3.05) is 19.6 Å². The van der Waals surface area contributed by atoms with Crippen molar-refractivity contribution in [1.82, 2.24) is 10.2 Å². The number of rotatable bonds is 6. The van der Waals surface area contributed by atoms with Gasteiger partial charge in [-0.1, -0.05) is 38.1 Å². The zero-order valence-corrected chi connectivity index (χ0v) is 13.3. The summed E-state index contributed by atoms with van der Waals surface area (Å²) in [6.45, 7) is 5.48. The molecule has 0 bridgehead atoms. The van der Waals surface area contributed by atoms with Gasteiger partial charge in [0.25, 0.3) is 0 Å². The van der Waals surface area contributed by atoms with E-state index in [9.17, 15) is 9.59 Å². The molecular formula is C17H25N3O2. The van der Waals surface area contributed by atoms with Crippen LogP contribution in [0.5, 0.6) is 0 Å². The summed E-state index contributed by atoms with van der Waals surface area (Å²) in [5.74, 6) is 0.399. The first-order valence-corrected chi connectivity index (χ1v) is 7.87. The monoisotopic (exact) mass is 303 g/mol. The van der Waals surface area contributed by atoms with Crippen LogP contribution in [-0.2, 0) is 9.59 Å². The number of likely N-dealkylation sites (tertiary alicyclic amines) is 1. The maximum absolute atomic E-state index is 11.9. The maximum Gasteiger partial charge on any atom is 0.239 e. The third-order valence-electron chi connectivity index (χ3n) is 4.06. The lowest BCUT2D eigenvalue weighted by molar-refractivity contribution is -0.133. The number of benzene rings is 1. The molecule has 5 nitrogen and oxygen atoms in total. The Morgan fingerprint density at radius 1 is 1.27 bits per heavy atom. The van der Waals surface area contributed by atoms with Crippen LogP contribution in [0.3, 0.4) is 0 Å². The van der Waals surface area contributed by atoms with Crippen molar-refractivity contribution in [3.05, 3.63) is 35.4 Å². The van der Waals surface area contributed by atoms with Crippen LogP contribution in [-0.4, -0.2) is 36.3 Å². The van der Waals surface area contributed by atoms with Gasteiger partial charge in [-0.25, -0.2) is 0 Å². The van der Waals surface area contributed by atoms with Crippen LogP contribution in [0.15, 0.2) is 24.3 Å². The van der Waals surface area contributed by atoms with E-state index >= 15 is 0 Å². The fourth-order valence-corrected chi connectivity index (χ4v) is 2.57. The second-order valence-electron chi connectivity index (χ2n) is 6.15. The van der Waals surface area contributed by atoms with E-state index in [0.717, 1.165) is 12.0 Å². The van der Waals surface area contributed by atoms with Gasteiger partial charge >= 0.3 is 0 Å². The highest BCUT2D eigenvalue weighted by Gasteiger charge is 2.22. The summed E-state index contributed by atoms with van der Waals surface area (Å²) < 4.78 is 0. The van der Waals surface area contributed by atoms with E-state index in [1.165, 1.54) is 5.56 Å². The molecule has 0 saturated carbocycles. The summed E-state index contributed by atoms with van der Waals surface area (Å²) in [6, 6.07) is 7.93. The molecule has 2 rings (SSSR count). The number of carbonyl (C=O) groups excluding carboxylic acids is 2. The lowest BCUT2D eigenvalue weighted by Gasteiger charge is -2.17. The van der Waals surface area contributed by atoms with Crippen LogP contribution in [0.25, 0.3) is 0 Å². The van der Waals surface area contributed by atoms with Gasteiger partial charge in [0.05, 0.1) is 6.54 Å². The second kappa shape index (κ2) is 7.40. The van der Waals surface area contributed by atoms with E-state index in [2.05, 4.69) is 31.3 Å². The summed E-state index contributed by atoms with van der Waals surface area (Å²) in [4.78, 5) is 24.9. The number of amides is 2. The quantitative estimate of drug-likeness (QED) is 0.837. The summed E-state index contributed by atoms with van der Waals surface area (Å²) in [7, 11) is 0. The van der Waals surface area contributed by atoms with E-state index in [0.29, 0.717) is 25.4 Å². The molecule has 3 N–H and O–H groups in total. The first-order chi connectivity index (χ1) is 10.5. The normalized spacial score (nSPS) is 16.2. The SMILES string of the molecule is CC(C)c1ccc(C(N)CNC(=O)CN2CCCC2=O)cc1. The smallest absolute Gasteiger partial charge is 0.239 e. The Morgan fingerprint density at radius 2 is 1.91 bits per heavy atom. The molecule has 1 atom stereocenters. The van der Waals surface area contributed by atoms with Gasteiger partial charge in [0, 0.05) is 25.6 Å². The Balaban J connectivity index is 1.80. The van der Waals surface area contributed by atoms with Gasteiger partial charge in [-0.2, -0.15) is 0 Å². The molecule has 1 aromatic carbocycles. The minimum atomic E-state index is -0.237. The summed E-state index contributed by atoms with van der Waals surface area (Å²) in [5, 5.41) is 2.81. The topological polar surface area (TPSA) is 75.4 Å². The Morgan fingerprint density at radius 3 is 2.45 bits per heavy atom. The minimum Gasteiger partial charge on any atom is -0.353 e. The van der Waals surface area contributed by atoms with Crippen molar-refractivity contribution in [2.24, 2.45) is 5.73 Å². The average Bonchev–Trinajstić information content (AvgIpc) is 2.90. The Bertz CT molecular complexity index is 525. The zero-order chi connectivity index (χ0) is 16.1. The molecule has 0 radical (unpaired) electrons. The molecule has 1 aromatic rings. The Kier molecular flexibility index (Phi) is 5.55. The predicted molar refractivity (Wildman–Crippen MR) is 86.3 cm³/mol. The zero-order valence-electron chi connectivity index (χ0n) is 13.3. The van der Waals surface area contributed by atoms with E-state index in [-0.39, 0.29) is 24.4 Å². The van der Waals surface area contributed by atoms with Crippen molar-refractivity contribution in [3.63, 3.8) is 0 Å². The molecule has 5 heteroatoms. The van der Waals surface area contributed by atoms with Gasteiger partial charge in [0.2, 0.25) is 11.8 Å². The highest BCUT2D eigenvalue weighted by molar-refractivity contribution is 5.85. The van der Waals surface area contributed by atoms with Crippen LogP contribution in [0.1, 0.15) is 49.8 Å². The largest absolute Gasteiger partial charge is 0.353 e. The van der Waals surface area contributed by atoms with E-state index in [1.54, 1.807) is 4.90 Å². The van der Waals surface area contributed by atoms with Crippen LogP contribution < -0.4 is 11.1 Å². The number of hydrogen-bond donors (Lipinski definition) is 2. The van der Waals surface area contributed by atoms with Gasteiger partial charge in [0.1, 0.15) is 0 Å². The maximum atomic E-state index is 11.9. The van der Waals surface area contributed by atoms with Crippen LogP contribution >= 0.6 is 0 Å². The lowest BCUT2D eigenvalue weighted by Crippen LogP contribution is -2.40. The molecule has 1 saturated heterocycles. The Hall–Kier alpha value is -1.88. The van der Waals surface area contributed by atoms with Crippen molar-refractivity contribution in [2.45, 2.75) is 38.6 Å². The Labute approximate surface area is 131 Å². The summed E-state index contributed by atoms with van der Waals surface area (Å²) >= 11 is 0. The van der Waals surface area contributed by atoms with E-state index in [4.69, 9.17) is 5.73 Å². The summed E-state index contributed by atoms with van der Waals surface area (Å²) in [5.41, 5.74) is 8.38. The van der Waals surface area contributed by atoms with Gasteiger partial charge in [-0.15, -0.1) is 0 Å². The van der Waals surface area contributed by atoms with E-state index < -0.39 is 0 Å². The fourth-order valence-electron chi connectivity index (χ4n) is 2.57. The molecule has 22 heavy (non-hydrogen) atoms. The first-order valence-electron chi connectivity index (χ1n) is 7.87. The standard InChI is InChI=1S/C17H25N3O2/c1-12(2)13-5-7-14(8-6-13)15(18)10-19-16(21)11-20-9-3-4-17(20)22/h5-8,12,15H,3-4,9-11,18H2,1-2H3,(H,19,21). The van der Waals surface area contributed by atoms with Crippen molar-refractivity contribution in [1.29, 1.82) is 0 Å². The molecular weight excluding hydrogens is 278 g/mol. The molecule has 0 aromatic heterocycles. The van der Waals surface area contributed by atoms with Crippen LogP contribution in [0, 0.1) is 0 Å². The number of carbonyl (C=O) groups is 2. The number of nitrogens with one attached hydrogen (secondary N) is 1. The molecule has 1 heterocycles. The van der Waals surface area contributed by atoms with E-state index in [1.807, 2.05) is 12.1 Å². The van der Waals surface area contributed by atoms with Crippen molar-refractivity contribution < 1.29 is 9.59 Å². The van der Waals surface area contributed by atoms with Crippen molar-refractivity contribution >= 4 is 11.8 Å². The average molecular weight is 303 g/mol. The molecule has 120 valence electrons. The van der Waals surface area contributed by atoms with Gasteiger partial charge in [0.15, 0.2) is 0 Å². The highest BCUT2D eigenvalue weighted by atomic mass is 16.2. The third-order valence-corrected chi connectivity index (χ3v) is 4.06. The predicted octanol–water partition coefficient (Wildman–Crippen LogP) is 1.55. The molecule has 0 spiro atoms. The van der Waals surface area contributed by atoms with Crippen molar-refractivity contribution in [3.8, 4) is 0 Å². The lowest BCUT2D eigenvalue weighted by atomic mass is 9.99. The van der Waals surface area contributed by atoms with Crippen LogP contribution in [0.2, 0.25) is 0 Å². The van der Waals surface area contributed by atoms with Gasteiger partial charge < -0.3 is 16.0 Å². The van der Waals surface area contributed by atoms with Crippen LogP contribution in [0.4, 0.5) is 0 Å². The molecule has 1 aliphatic rings. The number of nitrogens with two attached hydrogens (primary N) is 1. The molecule has 2 amide bonds. The fraction of sp³-hybridized carbons (Fsp3) is 0.529.